The van der Waals surface area contributed by atoms with Crippen molar-refractivity contribution in [2.24, 2.45) is 0 Å². The molecule has 2 rings (SSSR count). The van der Waals surface area contributed by atoms with Gasteiger partial charge >= 0.3 is 18.0 Å². The van der Waals surface area contributed by atoms with Crippen molar-refractivity contribution in [1.29, 1.82) is 0 Å². The molecule has 1 aliphatic rings. The Morgan fingerprint density at radius 2 is 1.81 bits per heavy atom. The molecular weight excluding hydrogens is 402 g/mol. The van der Waals surface area contributed by atoms with E-state index in [0.717, 1.165) is 0 Å². The highest BCUT2D eigenvalue weighted by atomic mass is 16.6. The molecule has 0 radical (unpaired) electrons. The van der Waals surface area contributed by atoms with E-state index in [-0.39, 0.29) is 18.6 Å². The van der Waals surface area contributed by atoms with Crippen molar-refractivity contribution in [1.82, 2.24) is 4.90 Å². The van der Waals surface area contributed by atoms with E-state index in [0.29, 0.717) is 30.5 Å². The number of aliphatic carboxylic acids is 1. The molecule has 168 valence electrons. The van der Waals surface area contributed by atoms with Gasteiger partial charge in [0.25, 0.3) is 0 Å². The maximum atomic E-state index is 13.3. The number of rotatable bonds is 7. The molecule has 8 nitrogen and oxygen atoms in total. The summed E-state index contributed by atoms with van der Waals surface area (Å²) in [6, 6.07) is 5.69. The predicted octanol–water partition coefficient (Wildman–Crippen LogP) is 3.23. The first kappa shape index (κ1) is 24.1. The Hall–Kier alpha value is -3.16. The van der Waals surface area contributed by atoms with Crippen molar-refractivity contribution in [2.75, 3.05) is 13.2 Å². The molecule has 0 saturated carbocycles. The Bertz CT molecular complexity index is 865. The van der Waals surface area contributed by atoms with Crippen LogP contribution in [0.4, 0.5) is 4.79 Å². The number of hydrogen-bond donors (Lipinski definition) is 1. The molecule has 8 heteroatoms. The average molecular weight is 431 g/mol. The monoisotopic (exact) mass is 431 g/mol. The number of ether oxygens (including phenoxy) is 2. The molecule has 1 atom stereocenters. The SMILES string of the molecule is CCOC(=O)C(=Cc1ccc(CC(=O)O)cc1)C(=O)[C@@H]1CCCN1C(=O)OC(C)(C)C. The van der Waals surface area contributed by atoms with Gasteiger partial charge in [0.2, 0.25) is 0 Å². The molecule has 31 heavy (non-hydrogen) atoms. The van der Waals surface area contributed by atoms with Crippen LogP contribution in [0.2, 0.25) is 0 Å². The van der Waals surface area contributed by atoms with Gasteiger partial charge in [0.1, 0.15) is 11.2 Å². The van der Waals surface area contributed by atoms with Gasteiger partial charge in [-0.15, -0.1) is 0 Å². The minimum Gasteiger partial charge on any atom is -0.481 e. The number of esters is 1. The number of ketones is 1. The third kappa shape index (κ3) is 6.94. The van der Waals surface area contributed by atoms with Gasteiger partial charge in [-0.25, -0.2) is 9.59 Å². The van der Waals surface area contributed by atoms with Crippen molar-refractivity contribution in [3.63, 3.8) is 0 Å². The van der Waals surface area contributed by atoms with Crippen LogP contribution in [-0.2, 0) is 30.3 Å². The predicted molar refractivity (Wildman–Crippen MR) is 113 cm³/mol. The van der Waals surface area contributed by atoms with Crippen molar-refractivity contribution >= 4 is 29.9 Å². The van der Waals surface area contributed by atoms with Crippen molar-refractivity contribution in [3.05, 3.63) is 41.0 Å². The van der Waals surface area contributed by atoms with Crippen LogP contribution in [-0.4, -0.2) is 58.6 Å². The van der Waals surface area contributed by atoms with Crippen LogP contribution >= 0.6 is 0 Å². The second-order valence-electron chi connectivity index (χ2n) is 8.29. The standard InChI is InChI=1S/C23H29NO7/c1-5-30-21(28)17(13-15-8-10-16(11-9-15)14-19(25)26)20(27)18-7-6-12-24(18)22(29)31-23(2,3)4/h8-11,13,18H,5-7,12,14H2,1-4H3,(H,25,26)/t18-/m0/s1. The Balaban J connectivity index is 2.31. The summed E-state index contributed by atoms with van der Waals surface area (Å²) < 4.78 is 10.5. The summed E-state index contributed by atoms with van der Waals surface area (Å²) in [5.74, 6) is -2.22. The molecule has 1 amide bonds. The summed E-state index contributed by atoms with van der Waals surface area (Å²) in [6.45, 7) is 7.34. The zero-order valence-corrected chi connectivity index (χ0v) is 18.3. The van der Waals surface area contributed by atoms with E-state index in [1.165, 1.54) is 11.0 Å². The third-order valence-electron chi connectivity index (χ3n) is 4.59. The van der Waals surface area contributed by atoms with Crippen molar-refractivity contribution in [2.45, 2.75) is 58.6 Å². The fourth-order valence-corrected chi connectivity index (χ4v) is 3.27. The van der Waals surface area contributed by atoms with Gasteiger partial charge in [0.15, 0.2) is 5.78 Å². The maximum Gasteiger partial charge on any atom is 0.410 e. The first-order valence-corrected chi connectivity index (χ1v) is 10.2. The van der Waals surface area contributed by atoms with Gasteiger partial charge < -0.3 is 14.6 Å². The number of likely N-dealkylation sites (tertiary alicyclic amines) is 1. The second-order valence-corrected chi connectivity index (χ2v) is 8.29. The average Bonchev–Trinajstić information content (AvgIpc) is 3.15. The first-order chi connectivity index (χ1) is 14.5. The van der Waals surface area contributed by atoms with Crippen molar-refractivity contribution < 1.29 is 33.8 Å². The molecule has 1 heterocycles. The largest absolute Gasteiger partial charge is 0.481 e. The highest BCUT2D eigenvalue weighted by Gasteiger charge is 2.39. The minimum atomic E-state index is -0.950. The Kier molecular flexibility index (Phi) is 7.96. The summed E-state index contributed by atoms with van der Waals surface area (Å²) in [5, 5.41) is 8.89. The number of amides is 1. The molecule has 0 bridgehead atoms. The fourth-order valence-electron chi connectivity index (χ4n) is 3.27. The van der Waals surface area contributed by atoms with E-state index in [4.69, 9.17) is 14.6 Å². The van der Waals surface area contributed by atoms with Gasteiger partial charge in [-0.2, -0.15) is 0 Å². The van der Waals surface area contributed by atoms with Gasteiger partial charge in [-0.3, -0.25) is 14.5 Å². The lowest BCUT2D eigenvalue weighted by atomic mass is 9.99. The van der Waals surface area contributed by atoms with Crippen LogP contribution in [0.5, 0.6) is 0 Å². The summed E-state index contributed by atoms with van der Waals surface area (Å²) in [4.78, 5) is 50.5. The molecule has 0 aliphatic carbocycles. The number of carbonyl (C=O) groups is 4. The van der Waals surface area contributed by atoms with E-state index in [2.05, 4.69) is 0 Å². The summed E-state index contributed by atoms with van der Waals surface area (Å²) in [6.07, 6.45) is 1.74. The normalized spacial score (nSPS) is 16.7. The molecule has 0 spiro atoms. The zero-order chi connectivity index (χ0) is 23.2. The molecule has 1 fully saturated rings. The molecule has 1 aromatic rings. The molecular formula is C23H29NO7. The van der Waals surface area contributed by atoms with Crippen LogP contribution in [0.3, 0.4) is 0 Å². The highest BCUT2D eigenvalue weighted by Crippen LogP contribution is 2.25. The number of benzene rings is 1. The summed E-state index contributed by atoms with van der Waals surface area (Å²) in [7, 11) is 0. The second kappa shape index (κ2) is 10.2. The number of Topliss-reactive ketones (excluding diaryl/α,β-unsaturated/α-hetero) is 1. The van der Waals surface area contributed by atoms with E-state index in [1.807, 2.05) is 0 Å². The maximum absolute atomic E-state index is 13.3. The Labute approximate surface area is 181 Å². The van der Waals surface area contributed by atoms with Crippen LogP contribution in [0.1, 0.15) is 51.7 Å². The fraction of sp³-hybridized carbons (Fsp3) is 0.478. The highest BCUT2D eigenvalue weighted by molar-refractivity contribution is 6.22. The van der Waals surface area contributed by atoms with E-state index >= 15 is 0 Å². The minimum absolute atomic E-state index is 0.0987. The Morgan fingerprint density at radius 3 is 2.35 bits per heavy atom. The topological polar surface area (TPSA) is 110 Å². The van der Waals surface area contributed by atoms with Gasteiger partial charge in [-0.05, 0) is 57.7 Å². The zero-order valence-electron chi connectivity index (χ0n) is 18.3. The Morgan fingerprint density at radius 1 is 1.16 bits per heavy atom. The number of carbonyl (C=O) groups excluding carboxylic acids is 3. The number of carboxylic acids is 1. The molecule has 0 unspecified atom stereocenters. The molecule has 0 aromatic heterocycles. The lowest BCUT2D eigenvalue weighted by Crippen LogP contribution is -2.44. The lowest BCUT2D eigenvalue weighted by Gasteiger charge is -2.28. The van der Waals surface area contributed by atoms with Crippen LogP contribution < -0.4 is 0 Å². The number of carboxylic acid groups (broad SMARTS) is 1. The van der Waals surface area contributed by atoms with E-state index in [1.54, 1.807) is 52.0 Å². The first-order valence-electron chi connectivity index (χ1n) is 10.2. The smallest absolute Gasteiger partial charge is 0.410 e. The van der Waals surface area contributed by atoms with Crippen molar-refractivity contribution in [3.8, 4) is 0 Å². The lowest BCUT2D eigenvalue weighted by molar-refractivity contribution is -0.140. The van der Waals surface area contributed by atoms with E-state index < -0.39 is 35.5 Å². The summed E-state index contributed by atoms with van der Waals surface area (Å²) >= 11 is 0. The quantitative estimate of drug-likeness (QED) is 0.305. The third-order valence-corrected chi connectivity index (χ3v) is 4.59. The number of hydrogen-bond acceptors (Lipinski definition) is 6. The van der Waals surface area contributed by atoms with Crippen LogP contribution in [0, 0.1) is 0 Å². The van der Waals surface area contributed by atoms with Gasteiger partial charge in [0, 0.05) is 6.54 Å². The van der Waals surface area contributed by atoms with Gasteiger partial charge in [0.05, 0.1) is 19.1 Å². The molecule has 1 aromatic carbocycles. The molecule has 1 saturated heterocycles. The summed E-state index contributed by atoms with van der Waals surface area (Å²) in [5.41, 5.74) is 0.284. The van der Waals surface area contributed by atoms with Gasteiger partial charge in [-0.1, -0.05) is 24.3 Å². The van der Waals surface area contributed by atoms with Crippen LogP contribution in [0.25, 0.3) is 6.08 Å². The number of nitrogens with zero attached hydrogens (tertiary/aromatic N) is 1. The van der Waals surface area contributed by atoms with Crippen LogP contribution in [0.15, 0.2) is 29.8 Å². The molecule has 1 N–H and O–H groups in total. The van der Waals surface area contributed by atoms with E-state index in [9.17, 15) is 19.2 Å². The molecule has 1 aliphatic heterocycles.